The molecule has 29 heavy (non-hydrogen) atoms. The second-order valence-corrected chi connectivity index (χ2v) is 10.4. The van der Waals surface area contributed by atoms with Crippen LogP contribution in [0.2, 0.25) is 0 Å². The van der Waals surface area contributed by atoms with Crippen molar-refractivity contribution in [1.82, 2.24) is 4.31 Å². The Hall–Kier alpha value is -1.92. The van der Waals surface area contributed by atoms with Gasteiger partial charge in [0.1, 0.15) is 5.76 Å². The van der Waals surface area contributed by atoms with E-state index in [0.717, 1.165) is 24.0 Å². The number of carbonyl (C=O) groups excluding carboxylic acids is 1. The van der Waals surface area contributed by atoms with E-state index < -0.39 is 16.0 Å². The van der Waals surface area contributed by atoms with Crippen molar-refractivity contribution in [2.45, 2.75) is 57.3 Å². The predicted octanol–water partition coefficient (Wildman–Crippen LogP) is 4.34. The topological polar surface area (TPSA) is 63.7 Å². The van der Waals surface area contributed by atoms with E-state index in [1.165, 1.54) is 42.5 Å². The van der Waals surface area contributed by atoms with Crippen LogP contribution in [0.5, 0.6) is 0 Å². The molecule has 1 atom stereocenters. The Kier molecular flexibility index (Phi) is 5.67. The van der Waals surface area contributed by atoms with Crippen molar-refractivity contribution in [2.75, 3.05) is 13.1 Å². The second kappa shape index (κ2) is 8.07. The van der Waals surface area contributed by atoms with E-state index in [1.54, 1.807) is 12.1 Å². The molecule has 0 aromatic heterocycles. The molecule has 0 spiro atoms. The molecule has 5 nitrogen and oxygen atoms in total. The van der Waals surface area contributed by atoms with Gasteiger partial charge in [0.15, 0.2) is 0 Å². The summed E-state index contributed by atoms with van der Waals surface area (Å²) in [6.07, 6.45) is 8.94. The average Bonchev–Trinajstić information content (AvgIpc) is 3.22. The van der Waals surface area contributed by atoms with E-state index in [-0.39, 0.29) is 17.4 Å². The molecule has 3 aliphatic rings. The fourth-order valence-corrected chi connectivity index (χ4v) is 6.43. The van der Waals surface area contributed by atoms with E-state index >= 15 is 0 Å². The van der Waals surface area contributed by atoms with Crippen molar-refractivity contribution in [1.29, 1.82) is 0 Å². The van der Waals surface area contributed by atoms with Crippen molar-refractivity contribution in [2.24, 2.45) is 11.8 Å². The normalized spacial score (nSPS) is 23.7. The molecule has 1 unspecified atom stereocenters. The molecule has 1 aliphatic heterocycles. The molecule has 0 radical (unpaired) electrons. The summed E-state index contributed by atoms with van der Waals surface area (Å²) < 4.78 is 33.7. The van der Waals surface area contributed by atoms with Crippen LogP contribution in [0.3, 0.4) is 0 Å². The molecule has 1 aromatic rings. The van der Waals surface area contributed by atoms with Gasteiger partial charge in [-0.25, -0.2) is 8.42 Å². The molecule has 4 rings (SSSR count). The van der Waals surface area contributed by atoms with Gasteiger partial charge in [-0.3, -0.25) is 4.79 Å². The summed E-state index contributed by atoms with van der Waals surface area (Å²) in [7, 11) is -3.65. The van der Waals surface area contributed by atoms with Crippen molar-refractivity contribution in [3.05, 3.63) is 52.8 Å². The first-order valence-electron chi connectivity index (χ1n) is 10.5. The van der Waals surface area contributed by atoms with Crippen LogP contribution in [0.15, 0.2) is 52.1 Å². The average molecular weight is 416 g/mol. The van der Waals surface area contributed by atoms with Gasteiger partial charge >= 0.3 is 5.97 Å². The quantitative estimate of drug-likeness (QED) is 0.686. The Balaban J connectivity index is 1.71. The van der Waals surface area contributed by atoms with E-state index in [2.05, 4.69) is 6.08 Å². The smallest absolute Gasteiger partial charge is 0.307 e. The second-order valence-electron chi connectivity index (χ2n) is 8.46. The molecule has 0 N–H and O–H groups in total. The van der Waals surface area contributed by atoms with Crippen LogP contribution >= 0.6 is 0 Å². The number of rotatable bonds is 4. The largest absolute Gasteiger partial charge is 0.430 e. The van der Waals surface area contributed by atoms with Gasteiger partial charge in [0, 0.05) is 19.4 Å². The lowest BCUT2D eigenvalue weighted by Crippen LogP contribution is -2.43. The Morgan fingerprint density at radius 2 is 1.76 bits per heavy atom. The van der Waals surface area contributed by atoms with Crippen molar-refractivity contribution >= 4 is 16.0 Å². The Morgan fingerprint density at radius 3 is 2.41 bits per heavy atom. The highest BCUT2D eigenvalue weighted by Gasteiger charge is 2.40. The van der Waals surface area contributed by atoms with E-state index in [9.17, 15) is 13.2 Å². The maximum atomic E-state index is 13.3. The van der Waals surface area contributed by atoms with Crippen molar-refractivity contribution in [3.8, 4) is 0 Å². The molecule has 6 heteroatoms. The van der Waals surface area contributed by atoms with E-state index in [1.807, 2.05) is 19.1 Å². The third kappa shape index (κ3) is 4.05. The fraction of sp³-hybridized carbons (Fsp3) is 0.522. The summed E-state index contributed by atoms with van der Waals surface area (Å²) in [5.41, 5.74) is 3.43. The zero-order chi connectivity index (χ0) is 20.6. The number of esters is 1. The summed E-state index contributed by atoms with van der Waals surface area (Å²) in [5.74, 6) is 0.733. The molecule has 0 bridgehead atoms. The molecule has 2 aliphatic carbocycles. The molecule has 1 fully saturated rings. The Labute approximate surface area is 173 Å². The lowest BCUT2D eigenvalue weighted by atomic mass is 9.76. The highest BCUT2D eigenvalue weighted by molar-refractivity contribution is 7.89. The van der Waals surface area contributed by atoms with Gasteiger partial charge in [0.25, 0.3) is 0 Å². The summed E-state index contributed by atoms with van der Waals surface area (Å²) in [5, 5.41) is 0. The zero-order valence-electron chi connectivity index (χ0n) is 17.2. The lowest BCUT2D eigenvalue weighted by Gasteiger charge is -2.39. The maximum Gasteiger partial charge on any atom is 0.307 e. The number of hydrogen-bond donors (Lipinski definition) is 0. The molecule has 1 saturated carbocycles. The predicted molar refractivity (Wildman–Crippen MR) is 111 cm³/mol. The minimum atomic E-state index is -3.65. The molecule has 1 heterocycles. The lowest BCUT2D eigenvalue weighted by molar-refractivity contribution is -0.137. The summed E-state index contributed by atoms with van der Waals surface area (Å²) in [4.78, 5) is 12.1. The third-order valence-electron chi connectivity index (χ3n) is 6.36. The van der Waals surface area contributed by atoms with Gasteiger partial charge in [-0.15, -0.1) is 0 Å². The van der Waals surface area contributed by atoms with Gasteiger partial charge < -0.3 is 4.74 Å². The number of nitrogens with zero attached hydrogens (tertiary/aromatic N) is 1. The first-order chi connectivity index (χ1) is 13.9. The van der Waals surface area contributed by atoms with Crippen LogP contribution in [0.25, 0.3) is 0 Å². The monoisotopic (exact) mass is 415 g/mol. The minimum absolute atomic E-state index is 0.0823. The summed E-state index contributed by atoms with van der Waals surface area (Å²) >= 11 is 0. The van der Waals surface area contributed by atoms with Gasteiger partial charge in [0.05, 0.1) is 11.4 Å². The summed E-state index contributed by atoms with van der Waals surface area (Å²) in [6.45, 7) is 3.88. The van der Waals surface area contributed by atoms with Gasteiger partial charge in [0.2, 0.25) is 10.0 Å². The van der Waals surface area contributed by atoms with Crippen LogP contribution < -0.4 is 0 Å². The minimum Gasteiger partial charge on any atom is -0.430 e. The van der Waals surface area contributed by atoms with E-state index in [0.29, 0.717) is 18.2 Å². The first-order valence-corrected chi connectivity index (χ1v) is 12.0. The van der Waals surface area contributed by atoms with Crippen molar-refractivity contribution < 1.29 is 17.9 Å². The number of benzene rings is 1. The van der Waals surface area contributed by atoms with Crippen molar-refractivity contribution in [3.63, 3.8) is 0 Å². The maximum absolute atomic E-state index is 13.3. The van der Waals surface area contributed by atoms with Crippen LogP contribution in [0.4, 0.5) is 0 Å². The van der Waals surface area contributed by atoms with E-state index in [4.69, 9.17) is 4.74 Å². The fourth-order valence-electron chi connectivity index (χ4n) is 4.98. The van der Waals surface area contributed by atoms with Gasteiger partial charge in [-0.2, -0.15) is 4.31 Å². The molecular formula is C23H29NO4S. The molecular weight excluding hydrogens is 386 g/mol. The summed E-state index contributed by atoms with van der Waals surface area (Å²) in [6, 6.07) is 6.93. The number of aryl methyl sites for hydroxylation is 1. The number of carbonyl (C=O) groups is 1. The Bertz CT molecular complexity index is 953. The number of hydrogen-bond acceptors (Lipinski definition) is 4. The molecule has 0 saturated heterocycles. The number of sulfonamides is 1. The van der Waals surface area contributed by atoms with Crippen LogP contribution in [0.1, 0.15) is 51.0 Å². The first kappa shape index (κ1) is 20.4. The molecule has 1 aromatic carbocycles. The standard InChI is InChI=1S/C23H29NO4S/c1-16-10-12-20(13-11-16)29(26,27)24-14-19-8-5-9-21(18-6-3-4-7-18)23(19)22(15-24)28-17(2)25/h9-13,18-19H,3-8,14-15H2,1-2H3. The van der Waals surface area contributed by atoms with Crippen LogP contribution in [0, 0.1) is 18.8 Å². The highest BCUT2D eigenvalue weighted by Crippen LogP contribution is 2.45. The third-order valence-corrected chi connectivity index (χ3v) is 8.19. The molecule has 0 amide bonds. The van der Waals surface area contributed by atoms with Crippen LogP contribution in [-0.4, -0.2) is 31.8 Å². The zero-order valence-corrected chi connectivity index (χ0v) is 18.0. The van der Waals surface area contributed by atoms with Crippen LogP contribution in [-0.2, 0) is 19.6 Å². The van der Waals surface area contributed by atoms with Gasteiger partial charge in [-0.05, 0) is 61.8 Å². The SMILES string of the molecule is CC(=O)OC1=C2C(C3CCCC3)=CCCC2CN(S(=O)(=O)c2ccc(C)cc2)C1. The number of fused-ring (bicyclic) bond motifs is 1. The number of allylic oxidation sites excluding steroid dienone is 2. The van der Waals surface area contributed by atoms with Gasteiger partial charge in [-0.1, -0.05) is 36.6 Å². The highest BCUT2D eigenvalue weighted by atomic mass is 32.2. The molecule has 156 valence electrons. The number of ether oxygens (including phenoxy) is 1. The Morgan fingerprint density at radius 1 is 1.07 bits per heavy atom.